The molecule has 0 saturated heterocycles. The van der Waals surface area contributed by atoms with Crippen molar-refractivity contribution in [2.75, 3.05) is 0 Å². The highest BCUT2D eigenvalue weighted by atomic mass is 28.2. The summed E-state index contributed by atoms with van der Waals surface area (Å²) in [7, 11) is 0.777. The highest BCUT2D eigenvalue weighted by Crippen LogP contribution is 2.05. The van der Waals surface area contributed by atoms with Crippen LogP contribution in [0, 0.1) is 0 Å². The van der Waals surface area contributed by atoms with Gasteiger partial charge in [-0.3, -0.25) is 14.9 Å². The molecule has 1 N–H and O–H groups in total. The number of amides is 2. The Morgan fingerprint density at radius 3 is 1.80 bits per heavy atom. The van der Waals surface area contributed by atoms with Crippen molar-refractivity contribution in [3.05, 3.63) is 42.5 Å². The first kappa shape index (κ1) is 11.2. The Labute approximate surface area is 90.5 Å². The van der Waals surface area contributed by atoms with Crippen LogP contribution in [0.3, 0.4) is 0 Å². The van der Waals surface area contributed by atoms with Gasteiger partial charge in [0, 0.05) is 12.2 Å². The van der Waals surface area contributed by atoms with Crippen LogP contribution in [0.1, 0.15) is 0 Å². The maximum Gasteiger partial charge on any atom is 0.250 e. The van der Waals surface area contributed by atoms with Gasteiger partial charge in [-0.1, -0.05) is 18.2 Å². The molecule has 1 aromatic rings. The average molecular weight is 221 g/mol. The van der Waals surface area contributed by atoms with Crippen LogP contribution in [-0.2, 0) is 9.59 Å². The molecule has 0 aromatic heterocycles. The Hall–Kier alpha value is -1.88. The number of hydrogen-bond donors (Lipinski definition) is 1. The van der Waals surface area contributed by atoms with Crippen LogP contribution in [0.2, 0.25) is 0 Å². The van der Waals surface area contributed by atoms with Gasteiger partial charge in [0.15, 0.2) is 0 Å². The maximum absolute atomic E-state index is 10.0. The summed E-state index contributed by atoms with van der Waals surface area (Å²) in [5.74, 6) is 0.314. The quantitative estimate of drug-likeness (QED) is 0.516. The van der Waals surface area contributed by atoms with E-state index in [0.717, 1.165) is 16.2 Å². The first-order valence-corrected chi connectivity index (χ1v) is 5.16. The predicted octanol–water partition coefficient (Wildman–Crippen LogP) is -0.455. The van der Waals surface area contributed by atoms with E-state index < -0.39 is 0 Å². The molecular formula is C10H11NO3Si. The lowest BCUT2D eigenvalue weighted by molar-refractivity contribution is -0.123. The number of carbonyl (C=O) groups is 2. The molecule has 2 rings (SSSR count). The number of imide groups is 1. The molecule has 78 valence electrons. The SMILES string of the molecule is O=C1C=CC(=O)N1.[SiH3]Oc1ccccc1. The molecule has 1 aromatic carbocycles. The molecule has 0 radical (unpaired) electrons. The van der Waals surface area contributed by atoms with Crippen molar-refractivity contribution in [1.82, 2.24) is 5.32 Å². The normalized spacial score (nSPS) is 13.1. The smallest absolute Gasteiger partial charge is 0.250 e. The van der Waals surface area contributed by atoms with Crippen LogP contribution in [0.25, 0.3) is 0 Å². The molecule has 15 heavy (non-hydrogen) atoms. The van der Waals surface area contributed by atoms with Crippen LogP contribution >= 0.6 is 0 Å². The summed E-state index contributed by atoms with van der Waals surface area (Å²) in [6.07, 6.45) is 2.39. The number of para-hydroxylation sites is 1. The van der Waals surface area contributed by atoms with Gasteiger partial charge in [0.25, 0.3) is 11.8 Å². The fraction of sp³-hybridized carbons (Fsp3) is 0. The highest BCUT2D eigenvalue weighted by molar-refractivity contribution is 6.12. The Morgan fingerprint density at radius 2 is 1.53 bits per heavy atom. The molecule has 0 unspecified atom stereocenters. The lowest BCUT2D eigenvalue weighted by Gasteiger charge is -1.95. The summed E-state index contributed by atoms with van der Waals surface area (Å²) in [6, 6.07) is 9.81. The summed E-state index contributed by atoms with van der Waals surface area (Å²) in [5.41, 5.74) is 0. The standard InChI is InChI=1S/C6H8OSi.C4H3NO2/c8-7-6-4-2-1-3-5-6;6-3-1-2-4(7)5-3/h1-5H,8H3;1-2H,(H,5,6,7). The fourth-order valence-corrected chi connectivity index (χ4v) is 1.18. The molecule has 0 aliphatic carbocycles. The van der Waals surface area contributed by atoms with Gasteiger partial charge in [-0.25, -0.2) is 0 Å². The second-order valence-electron chi connectivity index (χ2n) is 2.70. The van der Waals surface area contributed by atoms with Crippen molar-refractivity contribution in [3.63, 3.8) is 0 Å². The van der Waals surface area contributed by atoms with Gasteiger partial charge in [0.05, 0.1) is 0 Å². The van der Waals surface area contributed by atoms with Gasteiger partial charge >= 0.3 is 0 Å². The summed E-state index contributed by atoms with van der Waals surface area (Å²) >= 11 is 0. The molecule has 5 heteroatoms. The Kier molecular flexibility index (Phi) is 4.30. The van der Waals surface area contributed by atoms with E-state index in [1.807, 2.05) is 35.6 Å². The summed E-state index contributed by atoms with van der Waals surface area (Å²) in [4.78, 5) is 20.1. The monoisotopic (exact) mass is 221 g/mol. The second-order valence-corrected chi connectivity index (χ2v) is 3.11. The van der Waals surface area contributed by atoms with Crippen LogP contribution in [-0.4, -0.2) is 22.3 Å². The highest BCUT2D eigenvalue weighted by Gasteiger charge is 2.06. The van der Waals surface area contributed by atoms with E-state index in [1.54, 1.807) is 0 Å². The Balaban J connectivity index is 0.000000151. The molecule has 1 aliphatic rings. The van der Waals surface area contributed by atoms with Gasteiger partial charge in [-0.2, -0.15) is 0 Å². The van der Waals surface area contributed by atoms with Crippen LogP contribution in [0.15, 0.2) is 42.5 Å². The molecule has 0 saturated carbocycles. The molecule has 0 fully saturated rings. The van der Waals surface area contributed by atoms with E-state index in [0.29, 0.717) is 0 Å². The zero-order valence-corrected chi connectivity index (χ0v) is 10.3. The Bertz CT molecular complexity index is 360. The topological polar surface area (TPSA) is 55.4 Å². The zero-order valence-electron chi connectivity index (χ0n) is 8.27. The van der Waals surface area contributed by atoms with Crippen molar-refractivity contribution in [2.24, 2.45) is 0 Å². The minimum Gasteiger partial charge on any atom is -0.553 e. The predicted molar refractivity (Wildman–Crippen MR) is 59.3 cm³/mol. The molecule has 0 bridgehead atoms. The van der Waals surface area contributed by atoms with Gasteiger partial charge < -0.3 is 4.43 Å². The van der Waals surface area contributed by atoms with Crippen LogP contribution in [0.4, 0.5) is 0 Å². The van der Waals surface area contributed by atoms with Gasteiger partial charge in [-0.05, 0) is 12.1 Å². The van der Waals surface area contributed by atoms with Crippen molar-refractivity contribution in [1.29, 1.82) is 0 Å². The van der Waals surface area contributed by atoms with Crippen LogP contribution < -0.4 is 9.74 Å². The molecule has 0 spiro atoms. The van der Waals surface area contributed by atoms with Gasteiger partial charge in [0.2, 0.25) is 10.5 Å². The molecule has 4 nitrogen and oxygen atoms in total. The number of rotatable bonds is 1. The van der Waals surface area contributed by atoms with E-state index >= 15 is 0 Å². The average Bonchev–Trinajstić information content (AvgIpc) is 2.65. The number of hydrogen-bond acceptors (Lipinski definition) is 3. The maximum atomic E-state index is 10.0. The molecule has 1 heterocycles. The van der Waals surface area contributed by atoms with E-state index in [-0.39, 0.29) is 11.8 Å². The molecule has 2 amide bonds. The van der Waals surface area contributed by atoms with E-state index in [4.69, 9.17) is 4.43 Å². The molecule has 1 aliphatic heterocycles. The minimum absolute atomic E-state index is 0.329. The number of benzene rings is 1. The second kappa shape index (κ2) is 5.76. The minimum atomic E-state index is -0.329. The van der Waals surface area contributed by atoms with Crippen molar-refractivity contribution in [3.8, 4) is 5.75 Å². The van der Waals surface area contributed by atoms with E-state index in [2.05, 4.69) is 0 Å². The van der Waals surface area contributed by atoms with E-state index in [9.17, 15) is 9.59 Å². The lowest BCUT2D eigenvalue weighted by Crippen LogP contribution is -2.19. The van der Waals surface area contributed by atoms with Crippen molar-refractivity contribution < 1.29 is 14.0 Å². The first-order valence-electron chi connectivity index (χ1n) is 4.34. The van der Waals surface area contributed by atoms with Gasteiger partial charge in [0.1, 0.15) is 5.75 Å². The fourth-order valence-electron chi connectivity index (χ4n) is 0.913. The van der Waals surface area contributed by atoms with Crippen molar-refractivity contribution >= 4 is 22.3 Å². The lowest BCUT2D eigenvalue weighted by atomic mass is 10.3. The largest absolute Gasteiger partial charge is 0.553 e. The number of carbonyl (C=O) groups excluding carboxylic acids is 2. The van der Waals surface area contributed by atoms with Gasteiger partial charge in [-0.15, -0.1) is 0 Å². The third kappa shape index (κ3) is 4.23. The summed E-state index contributed by atoms with van der Waals surface area (Å²) in [6.45, 7) is 0. The molecule has 0 atom stereocenters. The summed E-state index contributed by atoms with van der Waals surface area (Å²) < 4.78 is 5.05. The third-order valence-electron chi connectivity index (χ3n) is 1.61. The van der Waals surface area contributed by atoms with E-state index in [1.165, 1.54) is 12.2 Å². The summed E-state index contributed by atoms with van der Waals surface area (Å²) in [5, 5.41) is 2.03. The van der Waals surface area contributed by atoms with Crippen LogP contribution in [0.5, 0.6) is 5.75 Å². The first-order chi connectivity index (χ1) is 7.22. The zero-order chi connectivity index (χ0) is 11.1. The Morgan fingerprint density at radius 1 is 1.00 bits per heavy atom. The molecular weight excluding hydrogens is 210 g/mol. The number of nitrogens with one attached hydrogen (secondary N) is 1. The third-order valence-corrected chi connectivity index (χ3v) is 2.08. The van der Waals surface area contributed by atoms with Crippen molar-refractivity contribution in [2.45, 2.75) is 0 Å².